The first kappa shape index (κ1) is 18.8. The van der Waals surface area contributed by atoms with Gasteiger partial charge in [-0.2, -0.15) is 0 Å². The van der Waals surface area contributed by atoms with E-state index in [1.54, 1.807) is 7.11 Å². The van der Waals surface area contributed by atoms with E-state index in [0.717, 1.165) is 49.7 Å². The number of fused-ring (bicyclic) bond motifs is 1. The number of anilines is 2. The lowest BCUT2D eigenvalue weighted by molar-refractivity contribution is -0.914. The molecule has 2 heterocycles. The van der Waals surface area contributed by atoms with Crippen LogP contribution in [-0.4, -0.2) is 51.3 Å². The van der Waals surface area contributed by atoms with Crippen LogP contribution < -0.4 is 19.4 Å². The highest BCUT2D eigenvalue weighted by Gasteiger charge is 2.38. The van der Waals surface area contributed by atoms with Crippen molar-refractivity contribution in [2.75, 3.05) is 43.1 Å². The quantitative estimate of drug-likeness (QED) is 0.878. The fourth-order valence-corrected chi connectivity index (χ4v) is 4.64. The highest BCUT2D eigenvalue weighted by atomic mass is 16.5. The monoisotopic (exact) mass is 380 g/mol. The molecule has 0 spiro atoms. The summed E-state index contributed by atoms with van der Waals surface area (Å²) in [7, 11) is 1.72. The summed E-state index contributed by atoms with van der Waals surface area (Å²) in [5.41, 5.74) is 3.52. The number of piperazine rings is 1. The Labute approximate surface area is 167 Å². The van der Waals surface area contributed by atoms with Gasteiger partial charge in [0.1, 0.15) is 5.75 Å². The van der Waals surface area contributed by atoms with Crippen LogP contribution in [0, 0.1) is 0 Å². The number of nitrogens with one attached hydrogen (secondary N) is 1. The van der Waals surface area contributed by atoms with Crippen molar-refractivity contribution in [1.29, 1.82) is 0 Å². The predicted octanol–water partition coefficient (Wildman–Crippen LogP) is 1.77. The zero-order chi connectivity index (χ0) is 19.7. The topological polar surface area (TPSA) is 37.2 Å². The van der Waals surface area contributed by atoms with Crippen LogP contribution in [0.25, 0.3) is 0 Å². The number of para-hydroxylation sites is 3. The Balaban J connectivity index is 1.43. The summed E-state index contributed by atoms with van der Waals surface area (Å²) in [5, 5.41) is 0. The van der Waals surface area contributed by atoms with Gasteiger partial charge in [0.2, 0.25) is 0 Å². The van der Waals surface area contributed by atoms with Gasteiger partial charge < -0.3 is 19.4 Å². The zero-order valence-electron chi connectivity index (χ0n) is 17.0. The largest absolute Gasteiger partial charge is 0.495 e. The molecular formula is C23H30N3O2+. The number of amides is 1. The molecule has 0 saturated carbocycles. The molecule has 2 aliphatic rings. The Hall–Kier alpha value is -2.53. The second-order valence-electron chi connectivity index (χ2n) is 7.93. The van der Waals surface area contributed by atoms with Crippen molar-refractivity contribution in [3.63, 3.8) is 0 Å². The average molecular weight is 381 g/mol. The van der Waals surface area contributed by atoms with Gasteiger partial charge in [-0.1, -0.05) is 30.3 Å². The third kappa shape index (κ3) is 3.35. The van der Waals surface area contributed by atoms with Crippen molar-refractivity contribution in [1.82, 2.24) is 0 Å². The smallest absolute Gasteiger partial charge is 0.285 e. The van der Waals surface area contributed by atoms with E-state index < -0.39 is 0 Å². The van der Waals surface area contributed by atoms with Gasteiger partial charge in [0.15, 0.2) is 6.04 Å². The molecular weight excluding hydrogens is 350 g/mol. The number of ether oxygens (including phenoxy) is 1. The van der Waals surface area contributed by atoms with Crippen molar-refractivity contribution >= 4 is 17.3 Å². The minimum atomic E-state index is -0.0339. The van der Waals surface area contributed by atoms with Gasteiger partial charge in [-0.25, -0.2) is 0 Å². The fraction of sp³-hybridized carbons (Fsp3) is 0.435. The molecule has 0 aliphatic carbocycles. The number of rotatable bonds is 4. The van der Waals surface area contributed by atoms with E-state index in [1.807, 2.05) is 23.1 Å². The Morgan fingerprint density at radius 2 is 1.71 bits per heavy atom. The molecule has 1 amide bonds. The molecule has 1 saturated heterocycles. The van der Waals surface area contributed by atoms with Gasteiger partial charge in [-0.15, -0.1) is 0 Å². The molecule has 0 bridgehead atoms. The number of carbonyl (C=O) groups is 1. The van der Waals surface area contributed by atoms with Crippen molar-refractivity contribution < 1.29 is 14.4 Å². The summed E-state index contributed by atoms with van der Waals surface area (Å²) in [5.74, 6) is 1.16. The van der Waals surface area contributed by atoms with Gasteiger partial charge in [0.25, 0.3) is 5.91 Å². The number of methoxy groups -OCH3 is 1. The van der Waals surface area contributed by atoms with Crippen LogP contribution in [0.3, 0.4) is 0 Å². The van der Waals surface area contributed by atoms with Crippen LogP contribution >= 0.6 is 0 Å². The van der Waals surface area contributed by atoms with Crippen LogP contribution in [-0.2, 0) is 11.2 Å². The van der Waals surface area contributed by atoms with Crippen LogP contribution in [0.15, 0.2) is 48.5 Å². The molecule has 0 aromatic heterocycles. The molecule has 2 aromatic carbocycles. The number of benzene rings is 2. The van der Waals surface area contributed by atoms with Gasteiger partial charge >= 0.3 is 0 Å². The molecule has 28 heavy (non-hydrogen) atoms. The van der Waals surface area contributed by atoms with Crippen LogP contribution in [0.4, 0.5) is 11.4 Å². The predicted molar refractivity (Wildman–Crippen MR) is 112 cm³/mol. The first-order valence-corrected chi connectivity index (χ1v) is 10.2. The van der Waals surface area contributed by atoms with Gasteiger partial charge in [-0.05, 0) is 44.0 Å². The Kier molecular flexibility index (Phi) is 5.27. The summed E-state index contributed by atoms with van der Waals surface area (Å²) in [4.78, 5) is 19.1. The molecule has 2 aromatic rings. The van der Waals surface area contributed by atoms with Crippen LogP contribution in [0.2, 0.25) is 0 Å². The number of hydrogen-bond acceptors (Lipinski definition) is 3. The molecule has 1 N–H and O–H groups in total. The van der Waals surface area contributed by atoms with E-state index in [0.29, 0.717) is 0 Å². The van der Waals surface area contributed by atoms with Crippen molar-refractivity contribution in [2.45, 2.75) is 32.4 Å². The third-order valence-electron chi connectivity index (χ3n) is 6.26. The van der Waals surface area contributed by atoms with Crippen molar-refractivity contribution in [2.24, 2.45) is 0 Å². The maximum Gasteiger partial charge on any atom is 0.285 e. The second-order valence-corrected chi connectivity index (χ2v) is 7.93. The van der Waals surface area contributed by atoms with E-state index in [1.165, 1.54) is 10.5 Å². The molecule has 1 fully saturated rings. The molecule has 148 valence electrons. The molecule has 5 nitrogen and oxygen atoms in total. The maximum atomic E-state index is 13.3. The van der Waals surface area contributed by atoms with E-state index in [9.17, 15) is 4.79 Å². The number of quaternary nitrogens is 1. The van der Waals surface area contributed by atoms with Gasteiger partial charge in [0.05, 0.1) is 39.0 Å². The summed E-state index contributed by atoms with van der Waals surface area (Å²) < 4.78 is 5.51. The second kappa shape index (κ2) is 7.84. The first-order valence-electron chi connectivity index (χ1n) is 10.2. The van der Waals surface area contributed by atoms with E-state index in [2.05, 4.69) is 49.1 Å². The average Bonchev–Trinajstić information content (AvgIpc) is 3.08. The zero-order valence-corrected chi connectivity index (χ0v) is 17.0. The Morgan fingerprint density at radius 3 is 2.43 bits per heavy atom. The normalized spacial score (nSPS) is 20.8. The summed E-state index contributed by atoms with van der Waals surface area (Å²) in [6, 6.07) is 16.7. The molecule has 2 atom stereocenters. The summed E-state index contributed by atoms with van der Waals surface area (Å²) in [6.45, 7) is 8.01. The van der Waals surface area contributed by atoms with Gasteiger partial charge in [0, 0.05) is 11.7 Å². The Morgan fingerprint density at radius 1 is 1.07 bits per heavy atom. The standard InChI is InChI=1S/C23H29N3O2/c1-17-16-19-8-4-5-9-20(19)26(17)23(27)18(2)24-12-14-25(15-13-24)21-10-6-7-11-22(21)28-3/h4-11,17-18H,12-16H2,1-3H3/p+1/t17-,18+/m1/s1. The summed E-state index contributed by atoms with van der Waals surface area (Å²) in [6.07, 6.45) is 0.950. The minimum Gasteiger partial charge on any atom is -0.495 e. The highest BCUT2D eigenvalue weighted by molar-refractivity contribution is 5.98. The molecule has 5 heteroatoms. The SMILES string of the molecule is COc1ccccc1N1CC[NH+]([C@@H](C)C(=O)N2c3ccccc3C[C@H]2C)CC1. The maximum absolute atomic E-state index is 13.3. The lowest BCUT2D eigenvalue weighted by Gasteiger charge is -2.37. The van der Waals surface area contributed by atoms with Gasteiger partial charge in [-0.3, -0.25) is 4.79 Å². The highest BCUT2D eigenvalue weighted by Crippen LogP contribution is 2.32. The lowest BCUT2D eigenvalue weighted by Crippen LogP contribution is -3.19. The molecule has 0 radical (unpaired) electrons. The van der Waals surface area contributed by atoms with Crippen molar-refractivity contribution in [3.05, 3.63) is 54.1 Å². The van der Waals surface area contributed by atoms with E-state index >= 15 is 0 Å². The molecule has 2 aliphatic heterocycles. The van der Waals surface area contributed by atoms with E-state index in [4.69, 9.17) is 4.74 Å². The fourth-order valence-electron chi connectivity index (χ4n) is 4.64. The number of hydrogen-bond donors (Lipinski definition) is 1. The first-order chi connectivity index (χ1) is 13.6. The third-order valence-corrected chi connectivity index (χ3v) is 6.26. The van der Waals surface area contributed by atoms with Crippen LogP contribution in [0.5, 0.6) is 5.75 Å². The van der Waals surface area contributed by atoms with Crippen molar-refractivity contribution in [3.8, 4) is 5.75 Å². The molecule has 4 rings (SSSR count). The number of nitrogens with zero attached hydrogens (tertiary/aromatic N) is 2. The number of carbonyl (C=O) groups excluding carboxylic acids is 1. The lowest BCUT2D eigenvalue weighted by atomic mass is 10.1. The Bertz CT molecular complexity index is 845. The molecule has 0 unspecified atom stereocenters. The van der Waals surface area contributed by atoms with Crippen LogP contribution in [0.1, 0.15) is 19.4 Å². The summed E-state index contributed by atoms with van der Waals surface area (Å²) >= 11 is 0. The van der Waals surface area contributed by atoms with E-state index in [-0.39, 0.29) is 18.0 Å². The minimum absolute atomic E-state index is 0.0339.